The van der Waals surface area contributed by atoms with Crippen LogP contribution in [0, 0.1) is 12.7 Å². The molecule has 2 N–H and O–H groups in total. The van der Waals surface area contributed by atoms with E-state index in [9.17, 15) is 17.6 Å². The number of aryl methyl sites for hydroxylation is 1. The van der Waals surface area contributed by atoms with E-state index in [4.69, 9.17) is 9.84 Å². The van der Waals surface area contributed by atoms with Crippen molar-refractivity contribution in [2.24, 2.45) is 0 Å². The molecule has 0 radical (unpaired) electrons. The molecule has 0 amide bonds. The Kier molecular flexibility index (Phi) is 9.06. The standard InChI is InChI=1S/C31H31FN2O5S/c1-22-29(33-40(2,37)38)8-5-9-30(22)34(21-25-6-3-4-7-28(25)32)20-24-12-17-27(18-13-24)39-26-15-10-23(11-16-26)14-19-31(35)36/h3-13,15-18,33H,14,19-21H2,1-2H3,(H,35,36). The fraction of sp³-hybridized carbons (Fsp3) is 0.194. The quantitative estimate of drug-likeness (QED) is 0.204. The number of carbonyl (C=O) groups is 1. The highest BCUT2D eigenvalue weighted by atomic mass is 32.2. The van der Waals surface area contributed by atoms with Crippen LogP contribution in [-0.4, -0.2) is 25.7 Å². The summed E-state index contributed by atoms with van der Waals surface area (Å²) in [6.45, 7) is 2.56. The van der Waals surface area contributed by atoms with E-state index in [0.717, 1.165) is 28.6 Å². The average molecular weight is 563 g/mol. The van der Waals surface area contributed by atoms with Crippen molar-refractivity contribution in [1.29, 1.82) is 0 Å². The third-order valence-corrected chi connectivity index (χ3v) is 6.93. The molecule has 4 rings (SSSR count). The Balaban J connectivity index is 1.54. The molecule has 0 aliphatic rings. The number of carboxylic acid groups (broad SMARTS) is 1. The summed E-state index contributed by atoms with van der Waals surface area (Å²) < 4.78 is 46.9. The van der Waals surface area contributed by atoms with Crippen LogP contribution >= 0.6 is 0 Å². The minimum atomic E-state index is -3.47. The average Bonchev–Trinajstić information content (AvgIpc) is 2.91. The van der Waals surface area contributed by atoms with Crippen molar-refractivity contribution in [2.75, 3.05) is 15.9 Å². The number of hydrogen-bond acceptors (Lipinski definition) is 5. The number of nitrogens with zero attached hydrogens (tertiary/aromatic N) is 1. The number of anilines is 2. The maximum absolute atomic E-state index is 14.6. The Morgan fingerprint density at radius 3 is 2.10 bits per heavy atom. The number of sulfonamides is 1. The zero-order valence-corrected chi connectivity index (χ0v) is 23.1. The molecule has 0 bridgehead atoms. The summed E-state index contributed by atoms with van der Waals surface area (Å²) in [5.74, 6) is 0.131. The minimum Gasteiger partial charge on any atom is -0.481 e. The molecule has 0 saturated heterocycles. The zero-order chi connectivity index (χ0) is 28.7. The van der Waals surface area contributed by atoms with Gasteiger partial charge in [0, 0.05) is 30.8 Å². The SMILES string of the molecule is Cc1c(NS(C)(=O)=O)cccc1N(Cc1ccc(Oc2ccc(CCC(=O)O)cc2)cc1)Cc1ccccc1F. The topological polar surface area (TPSA) is 95.9 Å². The van der Waals surface area contributed by atoms with Crippen molar-refractivity contribution in [2.45, 2.75) is 32.9 Å². The van der Waals surface area contributed by atoms with Gasteiger partial charge in [-0.1, -0.05) is 48.5 Å². The lowest BCUT2D eigenvalue weighted by Gasteiger charge is -2.28. The van der Waals surface area contributed by atoms with Crippen LogP contribution in [0.4, 0.5) is 15.8 Å². The first-order chi connectivity index (χ1) is 19.1. The van der Waals surface area contributed by atoms with Crippen molar-refractivity contribution in [1.82, 2.24) is 0 Å². The first-order valence-corrected chi connectivity index (χ1v) is 14.6. The first kappa shape index (κ1) is 28.6. The fourth-order valence-electron chi connectivity index (χ4n) is 4.33. The minimum absolute atomic E-state index is 0.0770. The van der Waals surface area contributed by atoms with Crippen LogP contribution in [0.5, 0.6) is 11.5 Å². The van der Waals surface area contributed by atoms with Crippen LogP contribution in [0.15, 0.2) is 91.0 Å². The van der Waals surface area contributed by atoms with E-state index in [1.54, 1.807) is 30.3 Å². The number of carboxylic acids is 1. The Morgan fingerprint density at radius 1 is 0.875 bits per heavy atom. The molecule has 4 aromatic rings. The maximum Gasteiger partial charge on any atom is 0.303 e. The lowest BCUT2D eigenvalue weighted by molar-refractivity contribution is -0.136. The Labute approximate surface area is 233 Å². The van der Waals surface area contributed by atoms with Crippen molar-refractivity contribution in [3.8, 4) is 11.5 Å². The summed E-state index contributed by atoms with van der Waals surface area (Å²) >= 11 is 0. The number of hydrogen-bond donors (Lipinski definition) is 2. The second-order valence-corrected chi connectivity index (χ2v) is 11.3. The largest absolute Gasteiger partial charge is 0.481 e. The Bertz CT molecular complexity index is 1570. The number of nitrogens with one attached hydrogen (secondary N) is 1. The predicted molar refractivity (Wildman–Crippen MR) is 155 cm³/mol. The summed E-state index contributed by atoms with van der Waals surface area (Å²) in [6, 6.07) is 26.8. The molecule has 7 nitrogen and oxygen atoms in total. The number of aliphatic carboxylic acids is 1. The van der Waals surface area contributed by atoms with Gasteiger partial charge in [-0.25, -0.2) is 12.8 Å². The normalized spacial score (nSPS) is 11.2. The van der Waals surface area contributed by atoms with Gasteiger partial charge in [-0.15, -0.1) is 0 Å². The molecule has 40 heavy (non-hydrogen) atoms. The van der Waals surface area contributed by atoms with Crippen LogP contribution in [0.25, 0.3) is 0 Å². The van der Waals surface area contributed by atoms with Gasteiger partial charge >= 0.3 is 5.97 Å². The molecule has 0 fully saturated rings. The molecule has 0 aliphatic carbocycles. The Hall–Kier alpha value is -4.37. The molecule has 0 saturated carbocycles. The predicted octanol–water partition coefficient (Wildman–Crippen LogP) is 6.52. The van der Waals surface area contributed by atoms with Crippen LogP contribution in [0.3, 0.4) is 0 Å². The van der Waals surface area contributed by atoms with Gasteiger partial charge in [0.05, 0.1) is 11.9 Å². The Morgan fingerprint density at radius 2 is 1.50 bits per heavy atom. The molecule has 0 heterocycles. The first-order valence-electron chi connectivity index (χ1n) is 12.7. The van der Waals surface area contributed by atoms with Gasteiger partial charge in [-0.3, -0.25) is 9.52 Å². The van der Waals surface area contributed by atoms with Gasteiger partial charge in [0.2, 0.25) is 10.0 Å². The molecular formula is C31H31FN2O5S. The van der Waals surface area contributed by atoms with Crippen molar-refractivity contribution in [3.05, 3.63) is 119 Å². The maximum atomic E-state index is 14.6. The van der Waals surface area contributed by atoms with Crippen molar-refractivity contribution in [3.63, 3.8) is 0 Å². The highest BCUT2D eigenvalue weighted by molar-refractivity contribution is 7.92. The fourth-order valence-corrected chi connectivity index (χ4v) is 4.95. The van der Waals surface area contributed by atoms with Crippen molar-refractivity contribution < 1.29 is 27.4 Å². The lowest BCUT2D eigenvalue weighted by atomic mass is 10.1. The van der Waals surface area contributed by atoms with E-state index in [1.165, 1.54) is 6.07 Å². The molecule has 9 heteroatoms. The second kappa shape index (κ2) is 12.7. The highest BCUT2D eigenvalue weighted by Gasteiger charge is 2.16. The van der Waals surface area contributed by atoms with Crippen molar-refractivity contribution >= 4 is 27.4 Å². The number of rotatable bonds is 12. The molecule has 0 atom stereocenters. The molecule has 0 unspecified atom stereocenters. The summed E-state index contributed by atoms with van der Waals surface area (Å²) in [5.41, 5.74) is 4.38. The van der Waals surface area contributed by atoms with E-state index >= 15 is 0 Å². The van der Waals surface area contributed by atoms with Crippen LogP contribution in [0.1, 0.15) is 28.7 Å². The highest BCUT2D eigenvalue weighted by Crippen LogP contribution is 2.31. The number of ether oxygens (including phenoxy) is 1. The second-order valence-electron chi connectivity index (χ2n) is 9.56. The van der Waals surface area contributed by atoms with E-state index < -0.39 is 16.0 Å². The van der Waals surface area contributed by atoms with Gasteiger partial charge in [0.15, 0.2) is 0 Å². The van der Waals surface area contributed by atoms with Gasteiger partial charge in [-0.2, -0.15) is 0 Å². The lowest BCUT2D eigenvalue weighted by Crippen LogP contribution is -2.24. The van der Waals surface area contributed by atoms with Gasteiger partial charge in [0.25, 0.3) is 0 Å². The van der Waals surface area contributed by atoms with Gasteiger partial charge in [-0.05, 0) is 72.5 Å². The summed E-state index contributed by atoms with van der Waals surface area (Å²) in [5, 5.41) is 8.85. The van der Waals surface area contributed by atoms with Gasteiger partial charge < -0.3 is 14.7 Å². The summed E-state index contributed by atoms with van der Waals surface area (Å²) in [6.07, 6.45) is 1.64. The third kappa shape index (κ3) is 8.07. The molecule has 4 aromatic carbocycles. The van der Waals surface area contributed by atoms with E-state index in [1.807, 2.05) is 66.4 Å². The van der Waals surface area contributed by atoms with E-state index in [-0.39, 0.29) is 18.8 Å². The summed E-state index contributed by atoms with van der Waals surface area (Å²) in [7, 11) is -3.47. The third-order valence-electron chi connectivity index (χ3n) is 6.34. The van der Waals surface area contributed by atoms with Crippen LogP contribution < -0.4 is 14.4 Å². The monoisotopic (exact) mass is 562 g/mol. The number of benzene rings is 4. The zero-order valence-electron chi connectivity index (χ0n) is 22.3. The van der Waals surface area contributed by atoms with E-state index in [2.05, 4.69) is 4.72 Å². The molecule has 0 spiro atoms. The molecule has 0 aliphatic heterocycles. The molecule has 208 valence electrons. The number of halogens is 1. The van der Waals surface area contributed by atoms with Gasteiger partial charge in [0.1, 0.15) is 17.3 Å². The van der Waals surface area contributed by atoms with Crippen LogP contribution in [0.2, 0.25) is 0 Å². The van der Waals surface area contributed by atoms with Crippen LogP contribution in [-0.2, 0) is 34.3 Å². The summed E-state index contributed by atoms with van der Waals surface area (Å²) in [4.78, 5) is 12.8. The molecular weight excluding hydrogens is 531 g/mol. The smallest absolute Gasteiger partial charge is 0.303 e. The molecule has 0 aromatic heterocycles. The van der Waals surface area contributed by atoms with E-state index in [0.29, 0.717) is 35.7 Å².